The number of amides is 2. The van der Waals surface area contributed by atoms with E-state index in [1.165, 1.54) is 6.07 Å². The van der Waals surface area contributed by atoms with Crippen LogP contribution >= 0.6 is 15.9 Å². The van der Waals surface area contributed by atoms with Gasteiger partial charge in [0.05, 0.1) is 18.1 Å². The van der Waals surface area contributed by atoms with Crippen LogP contribution < -0.4 is 10.9 Å². The summed E-state index contributed by atoms with van der Waals surface area (Å²) in [6, 6.07) is 3.59. The zero-order chi connectivity index (χ0) is 15.3. The number of hydrogen-bond acceptors (Lipinski definition) is 3. The summed E-state index contributed by atoms with van der Waals surface area (Å²) in [6.45, 7) is 3.57. The van der Waals surface area contributed by atoms with Crippen LogP contribution in [0.4, 0.5) is 4.39 Å². The fourth-order valence-electron chi connectivity index (χ4n) is 1.34. The van der Waals surface area contributed by atoms with E-state index in [1.54, 1.807) is 13.8 Å². The van der Waals surface area contributed by atoms with E-state index in [-0.39, 0.29) is 22.4 Å². The van der Waals surface area contributed by atoms with Gasteiger partial charge in [-0.2, -0.15) is 0 Å². The van der Waals surface area contributed by atoms with Crippen LogP contribution in [0.1, 0.15) is 30.6 Å². The Morgan fingerprint density at radius 2 is 2.00 bits per heavy atom. The van der Waals surface area contributed by atoms with Gasteiger partial charge in [-0.15, -0.1) is 0 Å². The Morgan fingerprint density at radius 1 is 1.35 bits per heavy atom. The lowest BCUT2D eigenvalue weighted by molar-refractivity contribution is -0.124. The first-order valence-corrected chi connectivity index (χ1v) is 6.83. The summed E-state index contributed by atoms with van der Waals surface area (Å²) in [6.07, 6.45) is -0.882. The van der Waals surface area contributed by atoms with E-state index in [0.29, 0.717) is 0 Å². The van der Waals surface area contributed by atoms with Crippen molar-refractivity contribution in [1.29, 1.82) is 0 Å². The zero-order valence-corrected chi connectivity index (χ0v) is 12.7. The van der Waals surface area contributed by atoms with E-state index >= 15 is 0 Å². The summed E-state index contributed by atoms with van der Waals surface area (Å²) in [4.78, 5) is 23.2. The molecule has 1 rings (SSSR count). The van der Waals surface area contributed by atoms with Gasteiger partial charge in [0.2, 0.25) is 5.91 Å². The molecule has 0 saturated carbocycles. The minimum absolute atomic E-state index is 0.0531. The molecule has 7 heteroatoms. The van der Waals surface area contributed by atoms with Gasteiger partial charge in [-0.1, -0.05) is 13.8 Å². The van der Waals surface area contributed by atoms with Gasteiger partial charge < -0.3 is 5.11 Å². The first kappa shape index (κ1) is 16.6. The van der Waals surface area contributed by atoms with Gasteiger partial charge in [0.25, 0.3) is 5.91 Å². The number of hydrazine groups is 1. The third-order valence-corrected chi connectivity index (χ3v) is 3.31. The fourth-order valence-corrected chi connectivity index (χ4v) is 1.88. The third kappa shape index (κ3) is 4.90. The Morgan fingerprint density at radius 3 is 2.55 bits per heavy atom. The maximum absolute atomic E-state index is 12.9. The summed E-state index contributed by atoms with van der Waals surface area (Å²) in [5.41, 5.74) is 4.59. The van der Waals surface area contributed by atoms with E-state index in [9.17, 15) is 19.1 Å². The molecule has 0 aliphatic rings. The van der Waals surface area contributed by atoms with Gasteiger partial charge >= 0.3 is 0 Å². The summed E-state index contributed by atoms with van der Waals surface area (Å²) in [7, 11) is 0. The molecule has 0 radical (unpaired) electrons. The maximum Gasteiger partial charge on any atom is 0.270 e. The van der Waals surface area contributed by atoms with Gasteiger partial charge in [-0.25, -0.2) is 4.39 Å². The number of nitrogens with one attached hydrogen (secondary N) is 2. The molecule has 0 spiro atoms. The van der Waals surface area contributed by atoms with Crippen molar-refractivity contribution in [2.45, 2.75) is 26.4 Å². The standard InChI is InChI=1S/C13H16BrFN2O3/c1-7(2)11(18)6-12(19)16-17-13(20)9-4-3-8(15)5-10(9)14/h3-5,7,11,18H,6H2,1-2H3,(H,16,19)(H,17,20). The minimum atomic E-state index is -0.774. The van der Waals surface area contributed by atoms with Gasteiger partial charge in [-0.05, 0) is 40.0 Å². The highest BCUT2D eigenvalue weighted by atomic mass is 79.9. The van der Waals surface area contributed by atoms with Crippen LogP contribution in [0, 0.1) is 11.7 Å². The first-order chi connectivity index (χ1) is 9.31. The van der Waals surface area contributed by atoms with Crippen molar-refractivity contribution in [3.8, 4) is 0 Å². The summed E-state index contributed by atoms with van der Waals surface area (Å²) in [5, 5.41) is 9.53. The highest BCUT2D eigenvalue weighted by Gasteiger charge is 2.16. The largest absolute Gasteiger partial charge is 0.392 e. The summed E-state index contributed by atoms with van der Waals surface area (Å²) < 4.78 is 13.2. The Bertz CT molecular complexity index is 508. The predicted molar refractivity (Wildman–Crippen MR) is 75.2 cm³/mol. The van der Waals surface area contributed by atoms with Crippen LogP contribution in [-0.4, -0.2) is 23.0 Å². The van der Waals surface area contributed by atoms with Crippen LogP contribution in [-0.2, 0) is 4.79 Å². The molecule has 0 saturated heterocycles. The molecular formula is C13H16BrFN2O3. The highest BCUT2D eigenvalue weighted by molar-refractivity contribution is 9.10. The van der Waals surface area contributed by atoms with Gasteiger partial charge in [0.1, 0.15) is 5.82 Å². The van der Waals surface area contributed by atoms with E-state index in [0.717, 1.165) is 12.1 Å². The Hall–Kier alpha value is -1.47. The highest BCUT2D eigenvalue weighted by Crippen LogP contribution is 2.17. The Balaban J connectivity index is 2.53. The Kier molecular flexibility index (Phi) is 6.09. The van der Waals surface area contributed by atoms with E-state index in [4.69, 9.17) is 0 Å². The molecule has 0 bridgehead atoms. The molecule has 0 fully saturated rings. The average molecular weight is 347 g/mol. The molecule has 20 heavy (non-hydrogen) atoms. The second-order valence-electron chi connectivity index (χ2n) is 4.64. The molecule has 1 aromatic rings. The molecule has 5 nitrogen and oxygen atoms in total. The second-order valence-corrected chi connectivity index (χ2v) is 5.50. The predicted octanol–water partition coefficient (Wildman–Crippen LogP) is 1.76. The van der Waals surface area contributed by atoms with E-state index < -0.39 is 23.7 Å². The van der Waals surface area contributed by atoms with Crippen molar-refractivity contribution in [3.05, 3.63) is 34.1 Å². The second kappa shape index (κ2) is 7.35. The monoisotopic (exact) mass is 346 g/mol. The molecule has 0 aliphatic heterocycles. The number of hydrogen-bond donors (Lipinski definition) is 3. The Labute approximate surface area is 124 Å². The lowest BCUT2D eigenvalue weighted by Gasteiger charge is -2.14. The van der Waals surface area contributed by atoms with Crippen molar-refractivity contribution >= 4 is 27.7 Å². The van der Waals surface area contributed by atoms with Gasteiger partial charge in [0.15, 0.2) is 0 Å². The van der Waals surface area contributed by atoms with Crippen molar-refractivity contribution in [1.82, 2.24) is 10.9 Å². The molecule has 0 heterocycles. The van der Waals surface area contributed by atoms with Crippen LogP contribution in [0.25, 0.3) is 0 Å². The van der Waals surface area contributed by atoms with Crippen molar-refractivity contribution in [2.75, 3.05) is 0 Å². The van der Waals surface area contributed by atoms with Crippen LogP contribution in [0.3, 0.4) is 0 Å². The topological polar surface area (TPSA) is 78.4 Å². The lowest BCUT2D eigenvalue weighted by atomic mass is 10.0. The number of aliphatic hydroxyl groups excluding tert-OH is 1. The van der Waals surface area contributed by atoms with E-state index in [2.05, 4.69) is 26.8 Å². The molecule has 2 amide bonds. The number of benzene rings is 1. The number of carbonyl (C=O) groups excluding carboxylic acids is 2. The number of rotatable bonds is 4. The maximum atomic E-state index is 12.9. The minimum Gasteiger partial charge on any atom is -0.392 e. The first-order valence-electron chi connectivity index (χ1n) is 6.03. The number of carbonyl (C=O) groups is 2. The smallest absolute Gasteiger partial charge is 0.270 e. The third-order valence-electron chi connectivity index (χ3n) is 2.66. The van der Waals surface area contributed by atoms with Crippen LogP contribution in [0.2, 0.25) is 0 Å². The number of aliphatic hydroxyl groups is 1. The lowest BCUT2D eigenvalue weighted by Crippen LogP contribution is -2.43. The molecule has 1 unspecified atom stereocenters. The molecule has 1 aromatic carbocycles. The number of halogens is 2. The zero-order valence-electron chi connectivity index (χ0n) is 11.1. The van der Waals surface area contributed by atoms with E-state index in [1.807, 2.05) is 0 Å². The molecule has 0 aliphatic carbocycles. The van der Waals surface area contributed by atoms with Crippen LogP contribution in [0.5, 0.6) is 0 Å². The van der Waals surface area contributed by atoms with Gasteiger partial charge in [-0.3, -0.25) is 20.4 Å². The summed E-state index contributed by atoms with van der Waals surface area (Å²) in [5.74, 6) is -1.61. The normalized spacial score (nSPS) is 12.1. The SMILES string of the molecule is CC(C)C(O)CC(=O)NNC(=O)c1ccc(F)cc1Br. The van der Waals surface area contributed by atoms with Crippen molar-refractivity contribution in [2.24, 2.45) is 5.92 Å². The van der Waals surface area contributed by atoms with Crippen LogP contribution in [0.15, 0.2) is 22.7 Å². The molecule has 0 aromatic heterocycles. The molecule has 110 valence electrons. The van der Waals surface area contributed by atoms with Gasteiger partial charge in [0, 0.05) is 4.47 Å². The fraction of sp³-hybridized carbons (Fsp3) is 0.385. The molecule has 3 N–H and O–H groups in total. The molecule has 1 atom stereocenters. The van der Waals surface area contributed by atoms with Crippen molar-refractivity contribution in [3.63, 3.8) is 0 Å². The molecular weight excluding hydrogens is 331 g/mol. The quantitative estimate of drug-likeness (QED) is 0.727. The summed E-state index contributed by atoms with van der Waals surface area (Å²) >= 11 is 3.06. The average Bonchev–Trinajstić information content (AvgIpc) is 2.35. The van der Waals surface area contributed by atoms with Crippen molar-refractivity contribution < 1.29 is 19.1 Å².